The summed E-state index contributed by atoms with van der Waals surface area (Å²) in [5.41, 5.74) is 1.87. The van der Waals surface area contributed by atoms with Crippen LogP contribution in [0, 0.1) is 24.6 Å². The number of anilines is 1. The molecule has 3 aliphatic rings. The highest BCUT2D eigenvalue weighted by Crippen LogP contribution is 2.39. The molecule has 1 aromatic carbocycles. The average molecular weight is 473 g/mol. The first-order valence-corrected chi connectivity index (χ1v) is 13.7. The Bertz CT molecular complexity index is 1070. The smallest absolute Gasteiger partial charge is 0.200 e. The third-order valence-corrected chi connectivity index (χ3v) is 9.88. The minimum Gasteiger partial charge on any atom is -0.366 e. The molecule has 178 valence electrons. The van der Waals surface area contributed by atoms with E-state index in [-0.39, 0.29) is 16.1 Å². The Kier molecular flexibility index (Phi) is 6.40. The van der Waals surface area contributed by atoms with E-state index in [0.29, 0.717) is 29.3 Å². The Morgan fingerprint density at radius 3 is 2.39 bits per heavy atom. The summed E-state index contributed by atoms with van der Waals surface area (Å²) in [5, 5.41) is 11.6. The summed E-state index contributed by atoms with van der Waals surface area (Å²) >= 11 is 0. The van der Waals surface area contributed by atoms with E-state index in [9.17, 15) is 12.8 Å². The van der Waals surface area contributed by atoms with Crippen LogP contribution in [0.3, 0.4) is 0 Å². The van der Waals surface area contributed by atoms with Gasteiger partial charge in [0.2, 0.25) is 0 Å². The van der Waals surface area contributed by atoms with Crippen molar-refractivity contribution in [3.05, 3.63) is 47.3 Å². The van der Waals surface area contributed by atoms with Gasteiger partial charge in [-0.2, -0.15) is 0 Å². The summed E-state index contributed by atoms with van der Waals surface area (Å²) in [4.78, 5) is 2.48. The van der Waals surface area contributed by atoms with Gasteiger partial charge in [0.15, 0.2) is 14.9 Å². The number of aryl methyl sites for hydroxylation is 1. The molecule has 2 aliphatic carbocycles. The molecule has 1 unspecified atom stereocenters. The lowest BCUT2D eigenvalue weighted by molar-refractivity contribution is 0.301. The highest BCUT2D eigenvalue weighted by atomic mass is 32.2. The fraction of sp³-hybridized carbons (Fsp3) is 0.600. The normalized spacial score (nSPS) is 26.4. The van der Waals surface area contributed by atoms with E-state index < -0.39 is 9.84 Å². The van der Waals surface area contributed by atoms with E-state index in [1.165, 1.54) is 5.56 Å². The Labute approximate surface area is 195 Å². The summed E-state index contributed by atoms with van der Waals surface area (Å²) in [5.74, 6) is 1.79. The first-order chi connectivity index (χ1) is 15.9. The number of rotatable bonds is 6. The van der Waals surface area contributed by atoms with Crippen LogP contribution in [0.25, 0.3) is 0 Å². The van der Waals surface area contributed by atoms with E-state index in [1.807, 2.05) is 19.1 Å². The molecular formula is C25H33FN4O2S. The molecule has 1 aliphatic heterocycles. The maximum atomic E-state index is 13.5. The lowest BCUT2D eigenvalue weighted by Crippen LogP contribution is -2.26. The van der Waals surface area contributed by atoms with Crippen molar-refractivity contribution >= 4 is 15.7 Å². The van der Waals surface area contributed by atoms with Crippen molar-refractivity contribution in [2.45, 2.75) is 74.7 Å². The van der Waals surface area contributed by atoms with Crippen molar-refractivity contribution in [2.24, 2.45) is 11.8 Å². The van der Waals surface area contributed by atoms with Gasteiger partial charge in [0.05, 0.1) is 5.25 Å². The lowest BCUT2D eigenvalue weighted by Gasteiger charge is -2.21. The first kappa shape index (κ1) is 22.7. The molecule has 2 aromatic rings. The SMILES string of the molecule is Cc1cc(CN2C[C@H]3CC(Nc4ccc(S(=O)(=O)C5CCCCC5)nn4)C[C@H]3C2)ccc1F. The van der Waals surface area contributed by atoms with Crippen LogP contribution in [-0.4, -0.2) is 47.9 Å². The molecule has 0 amide bonds. The fourth-order valence-electron chi connectivity index (χ4n) is 6.01. The monoisotopic (exact) mass is 472 g/mol. The van der Waals surface area contributed by atoms with Crippen LogP contribution >= 0.6 is 0 Å². The van der Waals surface area contributed by atoms with Gasteiger partial charge < -0.3 is 5.32 Å². The van der Waals surface area contributed by atoms with Gasteiger partial charge in [0, 0.05) is 25.7 Å². The zero-order valence-corrected chi connectivity index (χ0v) is 20.0. The number of likely N-dealkylation sites (tertiary alicyclic amines) is 1. The van der Waals surface area contributed by atoms with Crippen LogP contribution in [0.4, 0.5) is 10.2 Å². The number of hydrogen-bond donors (Lipinski definition) is 1. The van der Waals surface area contributed by atoms with E-state index in [1.54, 1.807) is 18.2 Å². The summed E-state index contributed by atoms with van der Waals surface area (Å²) in [6.45, 7) is 4.80. The number of nitrogens with zero attached hydrogens (tertiary/aromatic N) is 3. The van der Waals surface area contributed by atoms with Crippen molar-refractivity contribution in [1.29, 1.82) is 0 Å². The van der Waals surface area contributed by atoms with Crippen molar-refractivity contribution < 1.29 is 12.8 Å². The molecule has 1 N–H and O–H groups in total. The third kappa shape index (κ3) is 4.92. The minimum atomic E-state index is -3.38. The second-order valence-corrected chi connectivity index (χ2v) is 12.3. The fourth-order valence-corrected chi connectivity index (χ4v) is 7.72. The topological polar surface area (TPSA) is 75.2 Å². The Balaban J connectivity index is 1.14. The van der Waals surface area contributed by atoms with Crippen LogP contribution in [0.1, 0.15) is 56.1 Å². The van der Waals surface area contributed by atoms with Crippen molar-refractivity contribution in [3.8, 4) is 0 Å². The zero-order chi connectivity index (χ0) is 23.0. The van der Waals surface area contributed by atoms with Crippen LogP contribution in [-0.2, 0) is 16.4 Å². The molecule has 6 nitrogen and oxygen atoms in total. The largest absolute Gasteiger partial charge is 0.366 e. The maximum absolute atomic E-state index is 13.5. The number of aromatic nitrogens is 2. The predicted molar refractivity (Wildman–Crippen MR) is 126 cm³/mol. The van der Waals surface area contributed by atoms with Gasteiger partial charge in [-0.3, -0.25) is 4.90 Å². The average Bonchev–Trinajstić information content (AvgIpc) is 3.35. The van der Waals surface area contributed by atoms with Gasteiger partial charge in [-0.15, -0.1) is 10.2 Å². The minimum absolute atomic E-state index is 0.106. The summed E-state index contributed by atoms with van der Waals surface area (Å²) in [6, 6.07) is 9.11. The van der Waals surface area contributed by atoms with Gasteiger partial charge in [-0.25, -0.2) is 12.8 Å². The highest BCUT2D eigenvalue weighted by Gasteiger charge is 2.41. The Morgan fingerprint density at radius 1 is 1.03 bits per heavy atom. The third-order valence-electron chi connectivity index (χ3n) is 7.73. The summed E-state index contributed by atoms with van der Waals surface area (Å²) in [7, 11) is -3.38. The molecular weight excluding hydrogens is 439 g/mol. The molecule has 2 saturated carbocycles. The molecule has 2 heterocycles. The molecule has 0 radical (unpaired) electrons. The van der Waals surface area contributed by atoms with Crippen molar-refractivity contribution in [1.82, 2.24) is 15.1 Å². The van der Waals surface area contributed by atoms with E-state index in [0.717, 1.165) is 64.6 Å². The van der Waals surface area contributed by atoms with Gasteiger partial charge in [-0.05, 0) is 73.8 Å². The van der Waals surface area contributed by atoms with E-state index in [2.05, 4.69) is 20.4 Å². The van der Waals surface area contributed by atoms with Gasteiger partial charge >= 0.3 is 0 Å². The van der Waals surface area contributed by atoms with Gasteiger partial charge in [-0.1, -0.05) is 31.4 Å². The van der Waals surface area contributed by atoms with Crippen LogP contribution < -0.4 is 5.32 Å². The quantitative estimate of drug-likeness (QED) is 0.674. The molecule has 0 bridgehead atoms. The van der Waals surface area contributed by atoms with Crippen molar-refractivity contribution in [3.63, 3.8) is 0 Å². The number of hydrogen-bond acceptors (Lipinski definition) is 6. The van der Waals surface area contributed by atoms with Gasteiger partial charge in [0.1, 0.15) is 11.6 Å². The lowest BCUT2D eigenvalue weighted by atomic mass is 10.0. The molecule has 8 heteroatoms. The standard InChI is InChI=1S/C25H33FN4O2S/c1-17-11-18(7-8-23(17)26)14-30-15-19-12-21(13-20(19)16-30)27-24-9-10-25(29-28-24)33(31,32)22-5-3-2-4-6-22/h7-11,19-22H,2-6,12-16H2,1H3,(H,27,28)/t19-,20+,21?. The highest BCUT2D eigenvalue weighted by molar-refractivity contribution is 7.92. The van der Waals surface area contributed by atoms with E-state index >= 15 is 0 Å². The molecule has 0 spiro atoms. The maximum Gasteiger partial charge on any atom is 0.200 e. The first-order valence-electron chi connectivity index (χ1n) is 12.2. The number of halogens is 1. The summed E-state index contributed by atoms with van der Waals surface area (Å²) < 4.78 is 39.2. The predicted octanol–water partition coefficient (Wildman–Crippen LogP) is 4.35. The molecule has 1 aromatic heterocycles. The Hall–Kier alpha value is -2.06. The summed E-state index contributed by atoms with van der Waals surface area (Å²) in [6.07, 6.45) is 6.68. The molecule has 3 fully saturated rings. The zero-order valence-electron chi connectivity index (χ0n) is 19.2. The molecule has 1 saturated heterocycles. The van der Waals surface area contributed by atoms with Gasteiger partial charge in [0.25, 0.3) is 0 Å². The number of benzene rings is 1. The Morgan fingerprint density at radius 2 is 1.76 bits per heavy atom. The van der Waals surface area contributed by atoms with Crippen LogP contribution in [0.15, 0.2) is 35.4 Å². The van der Waals surface area contributed by atoms with Crippen LogP contribution in [0.2, 0.25) is 0 Å². The second-order valence-electron chi connectivity index (χ2n) is 10.2. The number of sulfone groups is 1. The molecule has 33 heavy (non-hydrogen) atoms. The molecule has 3 atom stereocenters. The van der Waals surface area contributed by atoms with Crippen LogP contribution in [0.5, 0.6) is 0 Å². The van der Waals surface area contributed by atoms with Crippen molar-refractivity contribution in [2.75, 3.05) is 18.4 Å². The van der Waals surface area contributed by atoms with E-state index in [4.69, 9.17) is 0 Å². The number of fused-ring (bicyclic) bond motifs is 1. The number of nitrogens with one attached hydrogen (secondary N) is 1. The molecule has 5 rings (SSSR count). The second kappa shape index (κ2) is 9.29.